The summed E-state index contributed by atoms with van der Waals surface area (Å²) >= 11 is 0. The molecule has 5 nitrogen and oxygen atoms in total. The Kier molecular flexibility index (Phi) is 8.75. The molecule has 2 atom stereocenters. The first-order valence-corrected chi connectivity index (χ1v) is 8.01. The van der Waals surface area contributed by atoms with Gasteiger partial charge in [0, 0.05) is 26.3 Å². The van der Waals surface area contributed by atoms with Gasteiger partial charge in [-0.25, -0.2) is 4.39 Å². The Morgan fingerprint density at radius 2 is 2.25 bits per heavy atom. The molecule has 1 aliphatic rings. The first-order chi connectivity index (χ1) is 11.0. The number of halogens is 2. The lowest BCUT2D eigenvalue weighted by atomic mass is 10.0. The van der Waals surface area contributed by atoms with Crippen molar-refractivity contribution in [3.05, 3.63) is 30.1 Å². The van der Waals surface area contributed by atoms with Crippen LogP contribution in [0.5, 0.6) is 5.75 Å². The molecule has 0 radical (unpaired) electrons. The van der Waals surface area contributed by atoms with Crippen LogP contribution in [0.15, 0.2) is 29.3 Å². The van der Waals surface area contributed by atoms with E-state index in [1.165, 1.54) is 12.1 Å². The van der Waals surface area contributed by atoms with Crippen molar-refractivity contribution in [2.75, 3.05) is 26.7 Å². The molecule has 2 unspecified atom stereocenters. The second-order valence-electron chi connectivity index (χ2n) is 6.09. The lowest BCUT2D eigenvalue weighted by molar-refractivity contribution is 0.0242. The smallest absolute Gasteiger partial charge is 0.191 e. The molecule has 2 N–H and O–H groups in total. The maximum absolute atomic E-state index is 13.1. The number of guanidine groups is 1. The van der Waals surface area contributed by atoms with Crippen molar-refractivity contribution < 1.29 is 13.9 Å². The minimum absolute atomic E-state index is 0. The van der Waals surface area contributed by atoms with Gasteiger partial charge in [0.05, 0.1) is 12.1 Å². The van der Waals surface area contributed by atoms with Gasteiger partial charge >= 0.3 is 0 Å². The summed E-state index contributed by atoms with van der Waals surface area (Å²) in [5.74, 6) is 0.926. The van der Waals surface area contributed by atoms with Crippen LogP contribution in [0.1, 0.15) is 26.7 Å². The molecule has 0 aromatic heterocycles. The number of nitrogens with zero attached hydrogens (tertiary/aromatic N) is 1. The Labute approximate surface area is 160 Å². The first-order valence-electron chi connectivity index (χ1n) is 8.01. The van der Waals surface area contributed by atoms with E-state index in [1.54, 1.807) is 19.2 Å². The average molecular weight is 451 g/mol. The van der Waals surface area contributed by atoms with Crippen molar-refractivity contribution in [1.29, 1.82) is 0 Å². The summed E-state index contributed by atoms with van der Waals surface area (Å²) in [6.45, 7) is 6.13. The number of hydrogen-bond donors (Lipinski definition) is 2. The van der Waals surface area contributed by atoms with E-state index in [0.29, 0.717) is 24.8 Å². The zero-order valence-corrected chi connectivity index (χ0v) is 16.8. The van der Waals surface area contributed by atoms with Crippen LogP contribution in [0.3, 0.4) is 0 Å². The molecule has 1 aromatic rings. The molecule has 0 bridgehead atoms. The maximum atomic E-state index is 13.1. The summed E-state index contributed by atoms with van der Waals surface area (Å²) in [7, 11) is 1.73. The van der Waals surface area contributed by atoms with Crippen LogP contribution in [-0.4, -0.2) is 44.4 Å². The molecule has 7 heteroatoms. The minimum Gasteiger partial charge on any atom is -0.489 e. The van der Waals surface area contributed by atoms with Gasteiger partial charge in [-0.3, -0.25) is 4.99 Å². The molecular formula is C17H27FIN3O2. The number of ether oxygens (including phenoxy) is 2. The molecule has 1 aliphatic heterocycles. The van der Waals surface area contributed by atoms with E-state index < -0.39 is 0 Å². The highest BCUT2D eigenvalue weighted by Gasteiger charge is 2.29. The first kappa shape index (κ1) is 21.0. The van der Waals surface area contributed by atoms with E-state index in [0.717, 1.165) is 19.4 Å². The zero-order chi connectivity index (χ0) is 16.7. The van der Waals surface area contributed by atoms with E-state index in [2.05, 4.69) is 22.5 Å². The molecule has 1 heterocycles. The predicted molar refractivity (Wildman–Crippen MR) is 105 cm³/mol. The second kappa shape index (κ2) is 10.0. The highest BCUT2D eigenvalue weighted by molar-refractivity contribution is 14.0. The fraction of sp³-hybridized carbons (Fsp3) is 0.588. The third kappa shape index (κ3) is 6.80. The molecule has 0 aliphatic carbocycles. The van der Waals surface area contributed by atoms with Gasteiger partial charge in [0.2, 0.25) is 0 Å². The SMILES string of the molecule is CN=C(NCC(C)Oc1cccc(F)c1)NCC1(C)CCCO1.I. The zero-order valence-electron chi connectivity index (χ0n) is 14.5. The fourth-order valence-electron chi connectivity index (χ4n) is 2.52. The molecule has 0 saturated carbocycles. The summed E-state index contributed by atoms with van der Waals surface area (Å²) in [5.41, 5.74) is -0.124. The standard InChI is InChI=1S/C17H26FN3O2.HI/c1-13(23-15-7-4-6-14(18)10-15)11-20-16(19-3)21-12-17(2)8-5-9-22-17;/h4,6-7,10,13H,5,8-9,11-12H2,1-3H3,(H2,19,20,21);1H. The van der Waals surface area contributed by atoms with Crippen LogP contribution >= 0.6 is 24.0 Å². The third-order valence-electron chi connectivity index (χ3n) is 3.84. The summed E-state index contributed by atoms with van der Waals surface area (Å²) in [5, 5.41) is 6.49. The average Bonchev–Trinajstić information content (AvgIpc) is 2.94. The van der Waals surface area contributed by atoms with Crippen LogP contribution in [-0.2, 0) is 4.74 Å². The molecule has 0 spiro atoms. The number of aliphatic imine (C=N–C) groups is 1. The van der Waals surface area contributed by atoms with E-state index in [9.17, 15) is 4.39 Å². The molecule has 2 rings (SSSR count). The van der Waals surface area contributed by atoms with Crippen molar-refractivity contribution in [1.82, 2.24) is 10.6 Å². The van der Waals surface area contributed by atoms with E-state index >= 15 is 0 Å². The summed E-state index contributed by atoms with van der Waals surface area (Å²) in [4.78, 5) is 4.20. The van der Waals surface area contributed by atoms with Crippen LogP contribution in [0.2, 0.25) is 0 Å². The molecular weight excluding hydrogens is 424 g/mol. The highest BCUT2D eigenvalue weighted by atomic mass is 127. The monoisotopic (exact) mass is 451 g/mol. The molecule has 0 amide bonds. The van der Waals surface area contributed by atoms with Gasteiger partial charge in [-0.2, -0.15) is 0 Å². The van der Waals surface area contributed by atoms with Gasteiger partial charge in [0.1, 0.15) is 17.7 Å². The topological polar surface area (TPSA) is 54.9 Å². The van der Waals surface area contributed by atoms with Crippen molar-refractivity contribution in [3.63, 3.8) is 0 Å². The van der Waals surface area contributed by atoms with Crippen LogP contribution in [0.4, 0.5) is 4.39 Å². The normalized spacial score (nSPS) is 21.8. The van der Waals surface area contributed by atoms with Crippen molar-refractivity contribution in [3.8, 4) is 5.75 Å². The van der Waals surface area contributed by atoms with Gasteiger partial charge in [-0.1, -0.05) is 6.07 Å². The lowest BCUT2D eigenvalue weighted by Gasteiger charge is -2.25. The van der Waals surface area contributed by atoms with Crippen LogP contribution in [0.25, 0.3) is 0 Å². The number of hydrogen-bond acceptors (Lipinski definition) is 3. The minimum atomic E-state index is -0.301. The largest absolute Gasteiger partial charge is 0.489 e. The summed E-state index contributed by atoms with van der Waals surface area (Å²) in [6.07, 6.45) is 2.03. The number of benzene rings is 1. The van der Waals surface area contributed by atoms with Gasteiger partial charge in [-0.15, -0.1) is 24.0 Å². The van der Waals surface area contributed by atoms with Crippen molar-refractivity contribution in [2.24, 2.45) is 4.99 Å². The van der Waals surface area contributed by atoms with E-state index in [1.807, 2.05) is 6.92 Å². The maximum Gasteiger partial charge on any atom is 0.191 e. The Hall–Kier alpha value is -1.09. The van der Waals surface area contributed by atoms with Crippen molar-refractivity contribution in [2.45, 2.75) is 38.4 Å². The Balaban J connectivity index is 0.00000288. The summed E-state index contributed by atoms with van der Waals surface area (Å²) < 4.78 is 24.6. The molecule has 1 saturated heterocycles. The lowest BCUT2D eigenvalue weighted by Crippen LogP contribution is -2.47. The molecule has 1 aromatic carbocycles. The highest BCUT2D eigenvalue weighted by Crippen LogP contribution is 2.23. The van der Waals surface area contributed by atoms with E-state index in [-0.39, 0.29) is 41.5 Å². The second-order valence-corrected chi connectivity index (χ2v) is 6.09. The van der Waals surface area contributed by atoms with Crippen molar-refractivity contribution >= 4 is 29.9 Å². The van der Waals surface area contributed by atoms with Gasteiger partial charge in [0.25, 0.3) is 0 Å². The van der Waals surface area contributed by atoms with Gasteiger partial charge < -0.3 is 20.1 Å². The Morgan fingerprint density at radius 1 is 1.46 bits per heavy atom. The Morgan fingerprint density at radius 3 is 2.88 bits per heavy atom. The number of nitrogens with one attached hydrogen (secondary N) is 2. The van der Waals surface area contributed by atoms with Crippen LogP contribution in [0, 0.1) is 5.82 Å². The molecule has 1 fully saturated rings. The van der Waals surface area contributed by atoms with Gasteiger partial charge in [0.15, 0.2) is 5.96 Å². The number of rotatable bonds is 6. The van der Waals surface area contributed by atoms with Gasteiger partial charge in [-0.05, 0) is 38.8 Å². The predicted octanol–water partition coefficient (Wildman–Crippen LogP) is 2.95. The third-order valence-corrected chi connectivity index (χ3v) is 3.84. The van der Waals surface area contributed by atoms with Crippen LogP contribution < -0.4 is 15.4 Å². The summed E-state index contributed by atoms with van der Waals surface area (Å²) in [6, 6.07) is 6.15. The van der Waals surface area contributed by atoms with E-state index in [4.69, 9.17) is 9.47 Å². The fourth-order valence-corrected chi connectivity index (χ4v) is 2.52. The molecule has 24 heavy (non-hydrogen) atoms. The Bertz CT molecular complexity index is 536. The molecule has 136 valence electrons. The quantitative estimate of drug-likeness (QED) is 0.397.